The summed E-state index contributed by atoms with van der Waals surface area (Å²) in [6, 6.07) is 15.8. The quantitative estimate of drug-likeness (QED) is 0.350. The molecule has 2 rings (SSSR count). The van der Waals surface area contributed by atoms with Crippen molar-refractivity contribution in [3.63, 3.8) is 0 Å². The summed E-state index contributed by atoms with van der Waals surface area (Å²) in [4.78, 5) is 11.3. The van der Waals surface area contributed by atoms with Crippen molar-refractivity contribution in [2.75, 3.05) is 18.6 Å². The first-order valence-corrected chi connectivity index (χ1v) is 9.09. The molecule has 0 bridgehead atoms. The Morgan fingerprint density at radius 3 is 2.72 bits per heavy atom. The summed E-state index contributed by atoms with van der Waals surface area (Å²) in [7, 11) is 0. The van der Waals surface area contributed by atoms with E-state index in [0.717, 1.165) is 21.5 Å². The van der Waals surface area contributed by atoms with Crippen molar-refractivity contribution in [1.82, 2.24) is 5.43 Å². The molecule has 0 spiro atoms. The van der Waals surface area contributed by atoms with Crippen LogP contribution in [0.4, 0.5) is 5.69 Å². The van der Waals surface area contributed by atoms with E-state index in [2.05, 4.69) is 26.8 Å². The van der Waals surface area contributed by atoms with E-state index in [0.29, 0.717) is 32.6 Å². The van der Waals surface area contributed by atoms with E-state index in [9.17, 15) is 4.79 Å². The van der Waals surface area contributed by atoms with Crippen LogP contribution in [0.3, 0.4) is 0 Å². The Balaban J connectivity index is 1.83. The van der Waals surface area contributed by atoms with Gasteiger partial charge in [0, 0.05) is 28.7 Å². The fourth-order valence-electron chi connectivity index (χ4n) is 2.22. The highest BCUT2D eigenvalue weighted by Crippen LogP contribution is 2.23. The maximum Gasteiger partial charge on any atom is 0.305 e. The number of hydrogen-bond donors (Lipinski definition) is 2. The summed E-state index contributed by atoms with van der Waals surface area (Å²) in [5, 5.41) is 0. The first-order valence-electron chi connectivity index (χ1n) is 8.30. The molecule has 0 aromatic heterocycles. The fourth-order valence-corrected chi connectivity index (χ4v) is 2.63. The summed E-state index contributed by atoms with van der Waals surface area (Å²) in [5.74, 6) is 0.616. The van der Waals surface area contributed by atoms with Gasteiger partial charge in [-0.1, -0.05) is 34.1 Å². The zero-order valence-electron chi connectivity index (χ0n) is 14.3. The van der Waals surface area contributed by atoms with Crippen LogP contribution in [0.25, 0.3) is 0 Å². The number of carbonyl (C=O) groups is 1. The number of rotatable bonds is 10. The van der Waals surface area contributed by atoms with E-state index < -0.39 is 0 Å². The van der Waals surface area contributed by atoms with E-state index in [1.807, 2.05) is 48.5 Å². The molecule has 2 N–H and O–H groups in total. The van der Waals surface area contributed by atoms with Gasteiger partial charge in [0.2, 0.25) is 0 Å². The predicted molar refractivity (Wildman–Crippen MR) is 102 cm³/mol. The summed E-state index contributed by atoms with van der Waals surface area (Å²) in [6.45, 7) is 3.29. The number of hydrazine groups is 1. The smallest absolute Gasteiger partial charge is 0.305 e. The molecule has 5 nitrogen and oxygen atoms in total. The van der Waals surface area contributed by atoms with Crippen LogP contribution in [-0.4, -0.2) is 19.2 Å². The molecule has 134 valence electrons. The molecular formula is C19H23BrN2O3. The maximum atomic E-state index is 11.3. The van der Waals surface area contributed by atoms with E-state index >= 15 is 0 Å². The molecule has 0 unspecified atom stereocenters. The van der Waals surface area contributed by atoms with E-state index in [1.54, 1.807) is 6.92 Å². The van der Waals surface area contributed by atoms with Crippen LogP contribution in [0, 0.1) is 0 Å². The van der Waals surface area contributed by atoms with Gasteiger partial charge in [-0.15, -0.1) is 0 Å². The van der Waals surface area contributed by atoms with Crippen molar-refractivity contribution < 1.29 is 14.3 Å². The molecule has 6 heteroatoms. The molecule has 0 aliphatic carbocycles. The number of esters is 1. The van der Waals surface area contributed by atoms with E-state index in [-0.39, 0.29) is 5.97 Å². The van der Waals surface area contributed by atoms with Crippen LogP contribution >= 0.6 is 15.9 Å². The topological polar surface area (TPSA) is 59.6 Å². The summed E-state index contributed by atoms with van der Waals surface area (Å²) in [5.41, 5.74) is 8.36. The van der Waals surface area contributed by atoms with Crippen LogP contribution in [0.1, 0.15) is 25.3 Å². The van der Waals surface area contributed by atoms with Crippen LogP contribution in [0.2, 0.25) is 0 Å². The lowest BCUT2D eigenvalue weighted by molar-refractivity contribution is -0.143. The average Bonchev–Trinajstić information content (AvgIpc) is 2.61. The molecule has 0 saturated heterocycles. The highest BCUT2D eigenvalue weighted by atomic mass is 79.9. The first kappa shape index (κ1) is 19.3. The third kappa shape index (κ3) is 7.15. The third-order valence-corrected chi connectivity index (χ3v) is 3.89. The van der Waals surface area contributed by atoms with Crippen LogP contribution in [-0.2, 0) is 16.1 Å². The number of para-hydroxylation sites is 1. The van der Waals surface area contributed by atoms with Gasteiger partial charge in [0.1, 0.15) is 5.75 Å². The monoisotopic (exact) mass is 406 g/mol. The molecule has 0 amide bonds. The Hall–Kier alpha value is -2.05. The molecule has 0 aliphatic rings. The Morgan fingerprint density at radius 1 is 1.16 bits per heavy atom. The Bertz CT molecular complexity index is 665. The molecule has 0 fully saturated rings. The zero-order chi connectivity index (χ0) is 17.9. The van der Waals surface area contributed by atoms with Crippen molar-refractivity contribution in [2.45, 2.75) is 26.3 Å². The summed E-state index contributed by atoms with van der Waals surface area (Å²) in [6.07, 6.45) is 0.998. The average molecular weight is 407 g/mol. The highest BCUT2D eigenvalue weighted by Gasteiger charge is 2.06. The molecule has 2 aromatic carbocycles. The third-order valence-electron chi connectivity index (χ3n) is 3.40. The van der Waals surface area contributed by atoms with Crippen molar-refractivity contribution in [3.8, 4) is 5.75 Å². The molecule has 25 heavy (non-hydrogen) atoms. The van der Waals surface area contributed by atoms with Crippen LogP contribution < -0.4 is 15.6 Å². The van der Waals surface area contributed by atoms with Gasteiger partial charge in [-0.05, 0) is 43.7 Å². The minimum atomic E-state index is -0.184. The number of ether oxygens (including phenoxy) is 2. The van der Waals surface area contributed by atoms with Crippen LogP contribution in [0.5, 0.6) is 5.75 Å². The molecule has 2 aromatic rings. The lowest BCUT2D eigenvalue weighted by Crippen LogP contribution is -2.21. The molecular weight excluding hydrogens is 384 g/mol. The van der Waals surface area contributed by atoms with Crippen molar-refractivity contribution >= 4 is 27.6 Å². The predicted octanol–water partition coefficient (Wildman–Crippen LogP) is 4.29. The number of benzene rings is 2. The largest absolute Gasteiger partial charge is 0.493 e. The minimum Gasteiger partial charge on any atom is -0.493 e. The van der Waals surface area contributed by atoms with Gasteiger partial charge in [0.15, 0.2) is 0 Å². The molecule has 0 radical (unpaired) electrons. The Labute approximate surface area is 156 Å². The minimum absolute atomic E-state index is 0.184. The number of anilines is 1. The van der Waals surface area contributed by atoms with Gasteiger partial charge in [-0.3, -0.25) is 4.79 Å². The lowest BCUT2D eigenvalue weighted by atomic mass is 10.2. The maximum absolute atomic E-state index is 11.3. The van der Waals surface area contributed by atoms with Crippen molar-refractivity contribution in [3.05, 3.63) is 58.6 Å². The van der Waals surface area contributed by atoms with Gasteiger partial charge >= 0.3 is 5.97 Å². The van der Waals surface area contributed by atoms with Gasteiger partial charge in [0.25, 0.3) is 0 Å². The first-order chi connectivity index (χ1) is 12.2. The normalized spacial score (nSPS) is 10.3. The van der Waals surface area contributed by atoms with Gasteiger partial charge in [-0.2, -0.15) is 0 Å². The molecule has 0 atom stereocenters. The van der Waals surface area contributed by atoms with Crippen molar-refractivity contribution in [2.24, 2.45) is 0 Å². The highest BCUT2D eigenvalue weighted by molar-refractivity contribution is 9.10. The summed E-state index contributed by atoms with van der Waals surface area (Å²) >= 11 is 3.49. The number of nitrogens with one attached hydrogen (secondary N) is 2. The lowest BCUT2D eigenvalue weighted by Gasteiger charge is -2.14. The van der Waals surface area contributed by atoms with E-state index in [1.165, 1.54) is 0 Å². The fraction of sp³-hybridized carbons (Fsp3) is 0.316. The zero-order valence-corrected chi connectivity index (χ0v) is 15.8. The SMILES string of the molecule is CCOC(=O)CCCOc1ccc(Br)cc1CNNc1ccccc1. The second-order valence-corrected chi connectivity index (χ2v) is 6.27. The van der Waals surface area contributed by atoms with Gasteiger partial charge in [-0.25, -0.2) is 5.43 Å². The second-order valence-electron chi connectivity index (χ2n) is 5.35. The number of carbonyl (C=O) groups excluding carboxylic acids is 1. The molecule has 0 aliphatic heterocycles. The van der Waals surface area contributed by atoms with Gasteiger partial charge < -0.3 is 14.9 Å². The Kier molecular flexibility index (Phi) is 8.28. The standard InChI is InChI=1S/C19H23BrN2O3/c1-2-24-19(23)9-6-12-25-18-11-10-16(20)13-15(18)14-21-22-17-7-4-3-5-8-17/h3-5,7-8,10-11,13,21-22H,2,6,9,12,14H2,1H3. The van der Waals surface area contributed by atoms with Crippen molar-refractivity contribution in [1.29, 1.82) is 0 Å². The second kappa shape index (κ2) is 10.7. The summed E-state index contributed by atoms with van der Waals surface area (Å²) < 4.78 is 11.7. The van der Waals surface area contributed by atoms with E-state index in [4.69, 9.17) is 9.47 Å². The number of hydrogen-bond acceptors (Lipinski definition) is 5. The number of halogens is 1. The van der Waals surface area contributed by atoms with Crippen LogP contribution in [0.15, 0.2) is 53.0 Å². The van der Waals surface area contributed by atoms with Gasteiger partial charge in [0.05, 0.1) is 13.2 Å². The Morgan fingerprint density at radius 2 is 1.96 bits per heavy atom. The molecule has 0 saturated carbocycles. The molecule has 0 heterocycles.